The summed E-state index contributed by atoms with van der Waals surface area (Å²) in [4.78, 5) is 0.292. The first-order valence-electron chi connectivity index (χ1n) is 15.4. The second-order valence-corrected chi connectivity index (χ2v) is 14.0. The number of rotatable bonds is 20. The first kappa shape index (κ1) is 46.3. The second-order valence-electron chi connectivity index (χ2n) is 9.82. The lowest BCUT2D eigenvalue weighted by molar-refractivity contribution is 0.0159. The average molecular weight is 745 g/mol. The van der Waals surface area contributed by atoms with Gasteiger partial charge < -0.3 is 38.3 Å². The number of methoxy groups -OCH3 is 2. The first-order valence-corrected chi connectivity index (χ1v) is 19.1. The minimum absolute atomic E-state index is 0.0196. The molecule has 1 heterocycles. The summed E-state index contributed by atoms with van der Waals surface area (Å²) in [6.45, 7) is 10.6. The van der Waals surface area contributed by atoms with E-state index in [2.05, 4.69) is 0 Å². The quantitative estimate of drug-likeness (QED) is 0.119. The molecule has 0 radical (unpaired) electrons. The molecular formula is C32H53ClO13S2. The maximum Gasteiger partial charge on any atom is 0.297 e. The number of ether oxygens (including phenoxy) is 7. The van der Waals surface area contributed by atoms with Crippen molar-refractivity contribution in [3.8, 4) is 0 Å². The highest BCUT2D eigenvalue weighted by molar-refractivity contribution is 8.13. The van der Waals surface area contributed by atoms with Gasteiger partial charge in [0.25, 0.3) is 19.2 Å². The van der Waals surface area contributed by atoms with Crippen LogP contribution < -0.4 is 0 Å². The summed E-state index contributed by atoms with van der Waals surface area (Å²) >= 11 is 0. The van der Waals surface area contributed by atoms with Gasteiger partial charge in [0.2, 0.25) is 0 Å². The van der Waals surface area contributed by atoms with E-state index in [0.29, 0.717) is 59.5 Å². The van der Waals surface area contributed by atoms with E-state index in [0.717, 1.165) is 24.3 Å². The molecular weight excluding hydrogens is 692 g/mol. The molecule has 13 nitrogen and oxygen atoms in total. The molecule has 48 heavy (non-hydrogen) atoms. The molecule has 0 saturated carbocycles. The van der Waals surface area contributed by atoms with Crippen molar-refractivity contribution in [3.05, 3.63) is 59.7 Å². The van der Waals surface area contributed by atoms with Gasteiger partial charge in [0.05, 0.1) is 89.1 Å². The number of halogens is 1. The zero-order valence-electron chi connectivity index (χ0n) is 28.5. The fourth-order valence-corrected chi connectivity index (χ4v) is 4.84. The summed E-state index contributed by atoms with van der Waals surface area (Å²) in [6.07, 6.45) is 2.56. The molecule has 1 aliphatic rings. The minimum Gasteiger partial charge on any atom is -0.394 e. The van der Waals surface area contributed by atoms with E-state index in [-0.39, 0.29) is 29.6 Å². The fraction of sp³-hybridized carbons (Fsp3) is 0.625. The Morgan fingerprint density at radius 1 is 0.604 bits per heavy atom. The van der Waals surface area contributed by atoms with Crippen LogP contribution >= 0.6 is 10.7 Å². The molecule has 0 aromatic heterocycles. The van der Waals surface area contributed by atoms with E-state index >= 15 is 0 Å². The van der Waals surface area contributed by atoms with Gasteiger partial charge in [-0.25, -0.2) is 8.42 Å². The molecule has 0 bridgehead atoms. The van der Waals surface area contributed by atoms with E-state index < -0.39 is 19.2 Å². The van der Waals surface area contributed by atoms with Gasteiger partial charge in [0.15, 0.2) is 0 Å². The van der Waals surface area contributed by atoms with Crippen LogP contribution in [0.1, 0.15) is 24.0 Å². The van der Waals surface area contributed by atoms with Crippen LogP contribution in [0.3, 0.4) is 0 Å². The standard InChI is InChI=1S/C14H22O6S.C7H7ClO2S.C7H16O4.C4H8O/c1-13-3-5-14(6-4-13)21(15,16)20-12-11-19-10-9-18-8-7-17-2;1-6-2-4-7(5-3-6)11(8,9)10;1-9-4-5-11-7-6-10-3-2-8;1-2-4-5-3-1/h3-6H,7-12H2,1-2H3;2-5H,1H3;8H,2-7H2,1H3;1-4H2. The number of aliphatic hydroxyl groups excluding tert-OH is 1. The third kappa shape index (κ3) is 27.1. The first-order chi connectivity index (χ1) is 23.0. The predicted octanol–water partition coefficient (Wildman–Crippen LogP) is 3.76. The molecule has 0 amide bonds. The van der Waals surface area contributed by atoms with Crippen LogP contribution in [0, 0.1) is 13.8 Å². The van der Waals surface area contributed by atoms with E-state index in [1.54, 1.807) is 38.5 Å². The highest BCUT2D eigenvalue weighted by atomic mass is 35.7. The number of hydrogen-bond acceptors (Lipinski definition) is 13. The molecule has 3 rings (SSSR count). The summed E-state index contributed by atoms with van der Waals surface area (Å²) in [5, 5.41) is 8.32. The molecule has 0 atom stereocenters. The van der Waals surface area contributed by atoms with Gasteiger partial charge in [-0.1, -0.05) is 35.4 Å². The van der Waals surface area contributed by atoms with Crippen molar-refractivity contribution in [2.75, 3.05) is 107 Å². The Balaban J connectivity index is 0.000000687. The molecule has 2 aromatic carbocycles. The molecule has 2 aromatic rings. The van der Waals surface area contributed by atoms with Gasteiger partial charge in [0, 0.05) is 38.1 Å². The van der Waals surface area contributed by atoms with Gasteiger partial charge in [-0.3, -0.25) is 4.18 Å². The van der Waals surface area contributed by atoms with Gasteiger partial charge in [-0.15, -0.1) is 0 Å². The second kappa shape index (κ2) is 30.1. The lowest BCUT2D eigenvalue weighted by atomic mass is 10.2. The third-order valence-electron chi connectivity index (χ3n) is 5.75. The van der Waals surface area contributed by atoms with Crippen LogP contribution in [0.15, 0.2) is 58.3 Å². The lowest BCUT2D eigenvalue weighted by Gasteiger charge is -2.07. The number of hydrogen-bond donors (Lipinski definition) is 1. The van der Waals surface area contributed by atoms with Gasteiger partial charge in [-0.05, 0) is 51.0 Å². The Kier molecular flexibility index (Phi) is 29.0. The number of aliphatic hydroxyl groups is 1. The van der Waals surface area contributed by atoms with Gasteiger partial charge >= 0.3 is 0 Å². The molecule has 1 N–H and O–H groups in total. The highest BCUT2D eigenvalue weighted by Gasteiger charge is 2.14. The SMILES string of the molecule is C1CCOC1.COCCOCCOCCO.COCCOCCOCCOS(=O)(=O)c1ccc(C)cc1.Cc1ccc(S(=O)(=O)Cl)cc1. The van der Waals surface area contributed by atoms with Crippen molar-refractivity contribution < 1.29 is 59.3 Å². The Labute approximate surface area is 291 Å². The number of aryl methyl sites for hydroxylation is 2. The van der Waals surface area contributed by atoms with Crippen LogP contribution in [0.4, 0.5) is 0 Å². The summed E-state index contributed by atoms with van der Waals surface area (Å²) in [5.74, 6) is 0. The smallest absolute Gasteiger partial charge is 0.297 e. The fourth-order valence-electron chi connectivity index (χ4n) is 3.18. The summed E-state index contributed by atoms with van der Waals surface area (Å²) in [7, 11) is 1.06. The van der Waals surface area contributed by atoms with E-state index in [4.69, 9.17) is 53.1 Å². The van der Waals surface area contributed by atoms with E-state index in [1.165, 1.54) is 37.1 Å². The van der Waals surface area contributed by atoms with Crippen LogP contribution in [-0.4, -0.2) is 129 Å². The van der Waals surface area contributed by atoms with Crippen molar-refractivity contribution in [3.63, 3.8) is 0 Å². The Morgan fingerprint density at radius 2 is 0.979 bits per heavy atom. The van der Waals surface area contributed by atoms with Crippen molar-refractivity contribution in [2.24, 2.45) is 0 Å². The minimum atomic E-state index is -3.71. The number of benzene rings is 2. The monoisotopic (exact) mass is 744 g/mol. The molecule has 1 aliphatic heterocycles. The highest BCUT2D eigenvalue weighted by Crippen LogP contribution is 2.14. The van der Waals surface area contributed by atoms with Crippen molar-refractivity contribution in [1.82, 2.24) is 0 Å². The molecule has 0 aliphatic carbocycles. The Bertz CT molecular complexity index is 1210. The topological polar surface area (TPSA) is 162 Å². The van der Waals surface area contributed by atoms with Crippen LogP contribution in [0.5, 0.6) is 0 Å². The van der Waals surface area contributed by atoms with E-state index in [9.17, 15) is 16.8 Å². The molecule has 1 saturated heterocycles. The molecule has 1 fully saturated rings. The average Bonchev–Trinajstić information content (AvgIpc) is 3.65. The van der Waals surface area contributed by atoms with Crippen LogP contribution in [0.25, 0.3) is 0 Å². The zero-order chi connectivity index (χ0) is 35.9. The summed E-state index contributed by atoms with van der Waals surface area (Å²) in [5.41, 5.74) is 2.00. The van der Waals surface area contributed by atoms with Crippen molar-refractivity contribution >= 4 is 29.9 Å². The third-order valence-corrected chi connectivity index (χ3v) is 8.45. The summed E-state index contributed by atoms with van der Waals surface area (Å²) < 4.78 is 84.9. The van der Waals surface area contributed by atoms with Crippen LogP contribution in [-0.2, 0) is 56.5 Å². The van der Waals surface area contributed by atoms with Crippen molar-refractivity contribution in [1.29, 1.82) is 0 Å². The maximum absolute atomic E-state index is 11.8. The van der Waals surface area contributed by atoms with Gasteiger partial charge in [0.1, 0.15) is 0 Å². The van der Waals surface area contributed by atoms with Gasteiger partial charge in [-0.2, -0.15) is 8.42 Å². The molecule has 0 unspecified atom stereocenters. The van der Waals surface area contributed by atoms with E-state index in [1.807, 2.05) is 13.8 Å². The summed E-state index contributed by atoms with van der Waals surface area (Å²) in [6, 6.07) is 12.9. The molecule has 16 heteroatoms. The Hall–Kier alpha value is -1.73. The van der Waals surface area contributed by atoms with Crippen LogP contribution in [0.2, 0.25) is 0 Å². The molecule has 278 valence electrons. The maximum atomic E-state index is 11.8. The van der Waals surface area contributed by atoms with Crippen molar-refractivity contribution in [2.45, 2.75) is 36.5 Å². The largest absolute Gasteiger partial charge is 0.394 e. The predicted molar refractivity (Wildman–Crippen MR) is 183 cm³/mol. The lowest BCUT2D eigenvalue weighted by Crippen LogP contribution is -2.14. The molecule has 0 spiro atoms. The zero-order valence-corrected chi connectivity index (χ0v) is 30.9. The normalized spacial score (nSPS) is 12.6. The Morgan fingerprint density at radius 3 is 1.33 bits per heavy atom.